The molecule has 5 nitrogen and oxygen atoms in total. The SMILES string of the molecule is CCn1nc(C)c(Cl)c1CNCc1ccnc(C)n1. The lowest BCUT2D eigenvalue weighted by Gasteiger charge is -2.07. The van der Waals surface area contributed by atoms with E-state index in [1.807, 2.05) is 24.6 Å². The number of aromatic nitrogens is 4. The number of hydrogen-bond acceptors (Lipinski definition) is 4. The van der Waals surface area contributed by atoms with Gasteiger partial charge in [-0.1, -0.05) is 11.6 Å². The Morgan fingerprint density at radius 2 is 2.11 bits per heavy atom. The van der Waals surface area contributed by atoms with Gasteiger partial charge in [0, 0.05) is 25.8 Å². The summed E-state index contributed by atoms with van der Waals surface area (Å²) in [6.45, 7) is 8.04. The van der Waals surface area contributed by atoms with Crippen LogP contribution in [0.3, 0.4) is 0 Å². The second-order valence-electron chi connectivity index (χ2n) is 4.36. The average molecular weight is 280 g/mol. The Bertz CT molecular complexity index is 564. The van der Waals surface area contributed by atoms with Crippen molar-refractivity contribution in [3.63, 3.8) is 0 Å². The number of halogens is 1. The predicted molar refractivity (Wildman–Crippen MR) is 75.0 cm³/mol. The summed E-state index contributed by atoms with van der Waals surface area (Å²) in [4.78, 5) is 8.42. The van der Waals surface area contributed by atoms with Crippen LogP contribution in [-0.4, -0.2) is 19.7 Å². The second-order valence-corrected chi connectivity index (χ2v) is 4.74. The summed E-state index contributed by atoms with van der Waals surface area (Å²) in [7, 11) is 0. The largest absolute Gasteiger partial charge is 0.305 e. The molecule has 0 atom stereocenters. The molecule has 0 aliphatic heterocycles. The van der Waals surface area contributed by atoms with E-state index in [9.17, 15) is 0 Å². The number of rotatable bonds is 5. The Labute approximate surface area is 118 Å². The second kappa shape index (κ2) is 6.12. The molecule has 0 aliphatic carbocycles. The summed E-state index contributed by atoms with van der Waals surface area (Å²) in [5.41, 5.74) is 2.87. The fraction of sp³-hybridized carbons (Fsp3) is 0.462. The summed E-state index contributed by atoms with van der Waals surface area (Å²) < 4.78 is 1.93. The van der Waals surface area contributed by atoms with Gasteiger partial charge in [0.25, 0.3) is 0 Å². The number of nitrogens with one attached hydrogen (secondary N) is 1. The molecule has 6 heteroatoms. The molecule has 0 bridgehead atoms. The van der Waals surface area contributed by atoms with Gasteiger partial charge in [-0.25, -0.2) is 9.97 Å². The first-order chi connectivity index (χ1) is 9.11. The zero-order valence-corrected chi connectivity index (χ0v) is 12.2. The van der Waals surface area contributed by atoms with Gasteiger partial charge in [-0.05, 0) is 26.8 Å². The van der Waals surface area contributed by atoms with E-state index in [-0.39, 0.29) is 0 Å². The van der Waals surface area contributed by atoms with Gasteiger partial charge in [-0.2, -0.15) is 5.10 Å². The summed E-state index contributed by atoms with van der Waals surface area (Å²) in [6.07, 6.45) is 1.77. The van der Waals surface area contributed by atoms with E-state index >= 15 is 0 Å². The minimum absolute atomic E-state index is 0.677. The van der Waals surface area contributed by atoms with Gasteiger partial charge in [0.1, 0.15) is 5.82 Å². The van der Waals surface area contributed by atoms with E-state index < -0.39 is 0 Å². The lowest BCUT2D eigenvalue weighted by molar-refractivity contribution is 0.575. The van der Waals surface area contributed by atoms with Crippen molar-refractivity contribution in [2.45, 2.75) is 40.4 Å². The van der Waals surface area contributed by atoms with Crippen LogP contribution in [0.1, 0.15) is 29.8 Å². The van der Waals surface area contributed by atoms with Crippen molar-refractivity contribution in [3.05, 3.63) is 40.2 Å². The minimum Gasteiger partial charge on any atom is -0.305 e. The topological polar surface area (TPSA) is 55.6 Å². The first-order valence-corrected chi connectivity index (χ1v) is 6.70. The van der Waals surface area contributed by atoms with Crippen molar-refractivity contribution in [2.24, 2.45) is 0 Å². The molecule has 0 amide bonds. The van der Waals surface area contributed by atoms with Crippen LogP contribution in [0.2, 0.25) is 5.02 Å². The van der Waals surface area contributed by atoms with Crippen LogP contribution < -0.4 is 5.32 Å². The molecule has 2 aromatic rings. The summed E-state index contributed by atoms with van der Waals surface area (Å²) in [5, 5.41) is 8.47. The number of hydrogen-bond donors (Lipinski definition) is 1. The standard InChI is InChI=1S/C13H18ClN5/c1-4-19-12(13(14)9(2)18-19)8-15-7-11-5-6-16-10(3)17-11/h5-6,15H,4,7-8H2,1-3H3. The highest BCUT2D eigenvalue weighted by Gasteiger charge is 2.11. The summed E-state index contributed by atoms with van der Waals surface area (Å²) >= 11 is 6.25. The van der Waals surface area contributed by atoms with E-state index in [2.05, 4.69) is 27.3 Å². The van der Waals surface area contributed by atoms with Crippen molar-refractivity contribution in [3.8, 4) is 0 Å². The van der Waals surface area contributed by atoms with Crippen molar-refractivity contribution in [1.82, 2.24) is 25.1 Å². The third kappa shape index (κ3) is 3.30. The number of nitrogens with zero attached hydrogens (tertiary/aromatic N) is 4. The molecule has 0 aromatic carbocycles. The first-order valence-electron chi connectivity index (χ1n) is 6.32. The van der Waals surface area contributed by atoms with Gasteiger partial charge in [-0.3, -0.25) is 4.68 Å². The molecule has 0 aliphatic rings. The Morgan fingerprint density at radius 3 is 2.79 bits per heavy atom. The molecule has 0 radical (unpaired) electrons. The summed E-state index contributed by atoms with van der Waals surface area (Å²) in [5.74, 6) is 0.784. The zero-order chi connectivity index (χ0) is 13.8. The highest BCUT2D eigenvalue weighted by Crippen LogP contribution is 2.19. The Kier molecular flexibility index (Phi) is 4.50. The molecule has 0 saturated heterocycles. The molecule has 0 saturated carbocycles. The van der Waals surface area contributed by atoms with Gasteiger partial charge in [0.05, 0.1) is 22.1 Å². The normalized spacial score (nSPS) is 10.9. The quantitative estimate of drug-likeness (QED) is 0.912. The summed E-state index contributed by atoms with van der Waals surface area (Å²) in [6, 6.07) is 1.91. The van der Waals surface area contributed by atoms with Crippen LogP contribution in [0.25, 0.3) is 0 Å². The molecular weight excluding hydrogens is 262 g/mol. The maximum absolute atomic E-state index is 6.25. The minimum atomic E-state index is 0.677. The van der Waals surface area contributed by atoms with Gasteiger partial charge in [-0.15, -0.1) is 0 Å². The lowest BCUT2D eigenvalue weighted by atomic mass is 10.3. The van der Waals surface area contributed by atoms with E-state index in [0.717, 1.165) is 34.5 Å². The predicted octanol–water partition coefficient (Wildman–Crippen LogP) is 2.25. The van der Waals surface area contributed by atoms with Crippen molar-refractivity contribution < 1.29 is 0 Å². The van der Waals surface area contributed by atoms with Crippen molar-refractivity contribution in [2.75, 3.05) is 0 Å². The molecule has 2 aromatic heterocycles. The first kappa shape index (κ1) is 14.0. The van der Waals surface area contributed by atoms with Gasteiger partial charge < -0.3 is 5.32 Å². The van der Waals surface area contributed by atoms with E-state index in [1.54, 1.807) is 6.20 Å². The molecule has 2 heterocycles. The molecular formula is C13H18ClN5. The van der Waals surface area contributed by atoms with Crippen LogP contribution in [-0.2, 0) is 19.6 Å². The van der Waals surface area contributed by atoms with E-state index in [4.69, 9.17) is 11.6 Å². The Balaban J connectivity index is 1.99. The molecule has 2 rings (SSSR count). The lowest BCUT2D eigenvalue weighted by Crippen LogP contribution is -2.17. The van der Waals surface area contributed by atoms with E-state index in [0.29, 0.717) is 13.1 Å². The van der Waals surface area contributed by atoms with E-state index in [1.165, 1.54) is 0 Å². The van der Waals surface area contributed by atoms with Crippen LogP contribution in [0, 0.1) is 13.8 Å². The maximum atomic E-state index is 6.25. The Hall–Kier alpha value is -1.46. The zero-order valence-electron chi connectivity index (χ0n) is 11.4. The van der Waals surface area contributed by atoms with Gasteiger partial charge in [0.2, 0.25) is 0 Å². The fourth-order valence-corrected chi connectivity index (χ4v) is 2.15. The van der Waals surface area contributed by atoms with Crippen LogP contribution in [0.5, 0.6) is 0 Å². The van der Waals surface area contributed by atoms with Crippen LogP contribution in [0.4, 0.5) is 0 Å². The molecule has 0 fully saturated rings. The average Bonchev–Trinajstić information content (AvgIpc) is 2.66. The molecule has 1 N–H and O–H groups in total. The molecule has 19 heavy (non-hydrogen) atoms. The maximum Gasteiger partial charge on any atom is 0.125 e. The Morgan fingerprint density at radius 1 is 1.32 bits per heavy atom. The number of aryl methyl sites for hydroxylation is 3. The highest BCUT2D eigenvalue weighted by molar-refractivity contribution is 6.31. The molecule has 0 unspecified atom stereocenters. The molecule has 0 spiro atoms. The fourth-order valence-electron chi connectivity index (χ4n) is 1.95. The third-order valence-corrected chi connectivity index (χ3v) is 3.38. The van der Waals surface area contributed by atoms with Crippen molar-refractivity contribution >= 4 is 11.6 Å². The van der Waals surface area contributed by atoms with Gasteiger partial charge in [0.15, 0.2) is 0 Å². The van der Waals surface area contributed by atoms with Crippen LogP contribution >= 0.6 is 11.6 Å². The molecule has 102 valence electrons. The van der Waals surface area contributed by atoms with Gasteiger partial charge >= 0.3 is 0 Å². The van der Waals surface area contributed by atoms with Crippen molar-refractivity contribution in [1.29, 1.82) is 0 Å². The third-order valence-electron chi connectivity index (χ3n) is 2.89. The smallest absolute Gasteiger partial charge is 0.125 e. The monoisotopic (exact) mass is 279 g/mol. The van der Waals surface area contributed by atoms with Crippen LogP contribution in [0.15, 0.2) is 12.3 Å². The highest BCUT2D eigenvalue weighted by atomic mass is 35.5.